The van der Waals surface area contributed by atoms with Crippen LogP contribution in [0.1, 0.15) is 19.4 Å². The molecule has 0 fully saturated rings. The molecular weight excluding hydrogens is 474 g/mol. The Labute approximate surface area is 206 Å². The molecule has 0 spiro atoms. The Bertz CT molecular complexity index is 1180. The molecule has 0 radical (unpaired) electrons. The maximum Gasteiger partial charge on any atom is 0.344 e. The normalized spacial score (nSPS) is 15.4. The number of hydrogen-bond acceptors (Lipinski definition) is 9. The van der Waals surface area contributed by atoms with Gasteiger partial charge in [0.25, 0.3) is 0 Å². The predicted molar refractivity (Wildman–Crippen MR) is 133 cm³/mol. The smallest absolute Gasteiger partial charge is 0.344 e. The summed E-state index contributed by atoms with van der Waals surface area (Å²) in [6.45, 7) is 3.45. The van der Waals surface area contributed by atoms with Gasteiger partial charge in [0.2, 0.25) is 0 Å². The van der Waals surface area contributed by atoms with Crippen molar-refractivity contribution in [1.29, 1.82) is 0 Å². The van der Waals surface area contributed by atoms with Gasteiger partial charge in [-0.1, -0.05) is 17.8 Å². The number of aliphatic hydroxyl groups excluding tert-OH is 1. The van der Waals surface area contributed by atoms with Gasteiger partial charge in [0.15, 0.2) is 18.1 Å². The van der Waals surface area contributed by atoms with Gasteiger partial charge in [-0.25, -0.2) is 14.6 Å². The quantitative estimate of drug-likeness (QED) is 0.446. The second kappa shape index (κ2) is 12.0. The molecule has 0 amide bonds. The van der Waals surface area contributed by atoms with E-state index in [0.29, 0.717) is 39.3 Å². The molecule has 3 rings (SSSR count). The Balaban J connectivity index is 1.98. The topological polar surface area (TPSA) is 124 Å². The van der Waals surface area contributed by atoms with Crippen LogP contribution < -0.4 is 14.2 Å². The van der Waals surface area contributed by atoms with Crippen LogP contribution in [-0.2, 0) is 14.3 Å². The number of hydrogen-bond donors (Lipinski definition) is 2. The lowest BCUT2D eigenvalue weighted by atomic mass is 10.1. The number of carboxylic acid groups (broad SMARTS) is 1. The maximum absolute atomic E-state index is 12.6. The van der Waals surface area contributed by atoms with Crippen molar-refractivity contribution in [3.63, 3.8) is 0 Å². The minimum Gasteiger partial charge on any atom is -0.506 e. The standard InChI is InChI=1S/C25H25NO8S/c1-4-32-19-12-15(6-11-18(19)34-14-21(27)28)13-20-23(29)22(25(30)33-5-2)24(35-20)26-16-7-9-17(31-3)10-8-16/h6-13,29H,4-5,14H2,1-3H3,(H,27,28). The number of esters is 1. The second-order valence-corrected chi connectivity index (χ2v) is 8.02. The van der Waals surface area contributed by atoms with E-state index in [0.717, 1.165) is 11.8 Å². The zero-order valence-electron chi connectivity index (χ0n) is 19.4. The fraction of sp³-hybridized carbons (Fsp3) is 0.240. The predicted octanol–water partition coefficient (Wildman–Crippen LogP) is 4.75. The summed E-state index contributed by atoms with van der Waals surface area (Å²) in [7, 11) is 1.56. The Kier molecular flexibility index (Phi) is 8.80. The van der Waals surface area contributed by atoms with Crippen LogP contribution in [0.25, 0.3) is 6.08 Å². The van der Waals surface area contributed by atoms with Crippen molar-refractivity contribution >= 4 is 40.5 Å². The van der Waals surface area contributed by atoms with Crippen molar-refractivity contribution in [1.82, 2.24) is 0 Å². The number of methoxy groups -OCH3 is 1. The van der Waals surface area contributed by atoms with Crippen LogP contribution in [0, 0.1) is 0 Å². The molecule has 0 aromatic heterocycles. The highest BCUT2D eigenvalue weighted by atomic mass is 32.2. The fourth-order valence-electron chi connectivity index (χ4n) is 3.06. The first-order chi connectivity index (χ1) is 16.9. The van der Waals surface area contributed by atoms with Crippen LogP contribution in [0.4, 0.5) is 5.69 Å². The Morgan fingerprint density at radius 1 is 1.03 bits per heavy atom. The fourth-order valence-corrected chi connectivity index (χ4v) is 4.09. The first kappa shape index (κ1) is 25.7. The molecule has 2 aromatic rings. The third-order valence-corrected chi connectivity index (χ3v) is 5.61. The minimum absolute atomic E-state index is 0.0228. The molecule has 0 saturated heterocycles. The molecule has 0 atom stereocenters. The number of carbonyl (C=O) groups is 2. The maximum atomic E-state index is 12.6. The molecule has 1 heterocycles. The van der Waals surface area contributed by atoms with Gasteiger partial charge in [0.1, 0.15) is 22.1 Å². The van der Waals surface area contributed by atoms with E-state index in [9.17, 15) is 14.7 Å². The third kappa shape index (κ3) is 6.57. The van der Waals surface area contributed by atoms with Gasteiger partial charge in [-0.3, -0.25) is 0 Å². The number of nitrogens with zero attached hydrogens (tertiary/aromatic N) is 1. The summed E-state index contributed by atoms with van der Waals surface area (Å²) in [6.07, 6.45) is 1.67. The second-order valence-electron chi connectivity index (χ2n) is 6.99. The average Bonchev–Trinajstić information content (AvgIpc) is 3.13. The van der Waals surface area contributed by atoms with E-state index in [2.05, 4.69) is 4.99 Å². The first-order valence-electron chi connectivity index (χ1n) is 10.7. The molecule has 2 N–H and O–H groups in total. The molecule has 0 saturated carbocycles. The molecule has 0 bridgehead atoms. The lowest BCUT2D eigenvalue weighted by Gasteiger charge is -2.11. The van der Waals surface area contributed by atoms with Crippen LogP contribution in [0.2, 0.25) is 0 Å². The number of carbonyl (C=O) groups excluding carboxylic acids is 1. The average molecular weight is 500 g/mol. The van der Waals surface area contributed by atoms with E-state index in [4.69, 9.17) is 24.1 Å². The first-order valence-corrected chi connectivity index (χ1v) is 11.5. The monoisotopic (exact) mass is 499 g/mol. The van der Waals surface area contributed by atoms with Gasteiger partial charge in [0, 0.05) is 0 Å². The Morgan fingerprint density at radius 3 is 2.40 bits per heavy atom. The van der Waals surface area contributed by atoms with Crippen LogP contribution in [0.5, 0.6) is 17.2 Å². The zero-order chi connectivity index (χ0) is 25.4. The molecule has 2 aromatic carbocycles. The Hall–Kier alpha value is -3.92. The SMILES string of the molecule is CCOC(=O)C1=C(O)C(=Cc2ccc(OCC(=O)O)c(OCC)c2)SC1=Nc1ccc(OC)cc1. The van der Waals surface area contributed by atoms with Gasteiger partial charge >= 0.3 is 11.9 Å². The molecule has 9 nitrogen and oxygen atoms in total. The summed E-state index contributed by atoms with van der Waals surface area (Å²) in [6, 6.07) is 11.9. The Morgan fingerprint density at radius 2 is 1.77 bits per heavy atom. The van der Waals surface area contributed by atoms with Crippen LogP contribution in [0.15, 0.2) is 63.7 Å². The molecular formula is C25H25NO8S. The highest BCUT2D eigenvalue weighted by Crippen LogP contribution is 2.41. The van der Waals surface area contributed by atoms with Crippen molar-refractivity contribution in [2.75, 3.05) is 26.9 Å². The van der Waals surface area contributed by atoms with E-state index < -0.39 is 18.5 Å². The summed E-state index contributed by atoms with van der Waals surface area (Å²) in [5.41, 5.74) is 1.19. The van der Waals surface area contributed by atoms with E-state index in [-0.39, 0.29) is 23.7 Å². The van der Waals surface area contributed by atoms with Crippen molar-refractivity contribution < 1.29 is 38.7 Å². The number of thioether (sulfide) groups is 1. The summed E-state index contributed by atoms with van der Waals surface area (Å²) in [5.74, 6) is -0.730. The van der Waals surface area contributed by atoms with Crippen LogP contribution in [-0.4, -0.2) is 54.1 Å². The largest absolute Gasteiger partial charge is 0.506 e. The van der Waals surface area contributed by atoms with Gasteiger partial charge < -0.3 is 29.2 Å². The number of benzene rings is 2. The molecule has 35 heavy (non-hydrogen) atoms. The van der Waals surface area contributed by atoms with Crippen molar-refractivity contribution in [3.8, 4) is 17.2 Å². The summed E-state index contributed by atoms with van der Waals surface area (Å²) < 4.78 is 21.1. The van der Waals surface area contributed by atoms with Crippen molar-refractivity contribution in [2.45, 2.75) is 13.8 Å². The molecule has 10 heteroatoms. The van der Waals surface area contributed by atoms with Crippen molar-refractivity contribution in [2.24, 2.45) is 4.99 Å². The van der Waals surface area contributed by atoms with Gasteiger partial charge in [-0.05, 0) is 61.9 Å². The van der Waals surface area contributed by atoms with E-state index in [1.807, 2.05) is 0 Å². The minimum atomic E-state index is -1.11. The van der Waals surface area contributed by atoms with E-state index in [1.54, 1.807) is 69.5 Å². The molecule has 1 aliphatic rings. The number of ether oxygens (including phenoxy) is 4. The molecule has 0 aliphatic carbocycles. The lowest BCUT2D eigenvalue weighted by molar-refractivity contribution is -0.139. The molecule has 1 aliphatic heterocycles. The van der Waals surface area contributed by atoms with Gasteiger partial charge in [-0.2, -0.15) is 0 Å². The number of carboxylic acids is 1. The number of aliphatic imine (C=N–C) groups is 1. The van der Waals surface area contributed by atoms with E-state index in [1.165, 1.54) is 0 Å². The molecule has 184 valence electrons. The van der Waals surface area contributed by atoms with Gasteiger partial charge in [-0.15, -0.1) is 0 Å². The van der Waals surface area contributed by atoms with Crippen LogP contribution >= 0.6 is 11.8 Å². The lowest BCUT2D eigenvalue weighted by Crippen LogP contribution is -2.12. The van der Waals surface area contributed by atoms with Gasteiger partial charge in [0.05, 0.1) is 30.9 Å². The highest BCUT2D eigenvalue weighted by molar-refractivity contribution is 8.18. The summed E-state index contributed by atoms with van der Waals surface area (Å²) >= 11 is 1.12. The number of aliphatic carboxylic acids is 1. The van der Waals surface area contributed by atoms with Crippen molar-refractivity contribution in [3.05, 3.63) is 64.3 Å². The third-order valence-electron chi connectivity index (χ3n) is 4.59. The van der Waals surface area contributed by atoms with Crippen LogP contribution in [0.3, 0.4) is 0 Å². The number of rotatable bonds is 10. The zero-order valence-corrected chi connectivity index (χ0v) is 20.3. The molecule has 0 unspecified atom stereocenters. The number of aliphatic hydroxyl groups is 1. The summed E-state index contributed by atoms with van der Waals surface area (Å²) in [4.78, 5) is 28.4. The highest BCUT2D eigenvalue weighted by Gasteiger charge is 2.33. The van der Waals surface area contributed by atoms with E-state index >= 15 is 0 Å². The summed E-state index contributed by atoms with van der Waals surface area (Å²) in [5, 5.41) is 20.0.